The van der Waals surface area contributed by atoms with Crippen LogP contribution in [-0.2, 0) is 4.74 Å². The smallest absolute Gasteiger partial charge is 0.339 e. The molecule has 15 heavy (non-hydrogen) atoms. The Labute approximate surface area is 98.4 Å². The van der Waals surface area contributed by atoms with Crippen molar-refractivity contribution in [2.45, 2.75) is 6.92 Å². The summed E-state index contributed by atoms with van der Waals surface area (Å²) in [7, 11) is 0. The summed E-state index contributed by atoms with van der Waals surface area (Å²) in [6.45, 7) is 2.13. The average Bonchev–Trinajstić information content (AvgIpc) is 2.57. The summed E-state index contributed by atoms with van der Waals surface area (Å²) in [5.74, 6) is -0.365. The Kier molecular flexibility index (Phi) is 2.97. The number of thiazole rings is 1. The highest BCUT2D eigenvalue weighted by molar-refractivity contribution is 9.11. The molecule has 2 aromatic rings. The van der Waals surface area contributed by atoms with Crippen molar-refractivity contribution in [3.63, 3.8) is 0 Å². The number of nitrogens with zero attached hydrogens (tertiary/aromatic N) is 2. The van der Waals surface area contributed by atoms with Gasteiger partial charge in [0.1, 0.15) is 10.3 Å². The molecule has 78 valence electrons. The molecular weight excluding hydrogens is 280 g/mol. The van der Waals surface area contributed by atoms with Crippen LogP contribution in [0.1, 0.15) is 17.3 Å². The Hall–Kier alpha value is -1.01. The molecule has 0 saturated carbocycles. The average molecular weight is 287 g/mol. The van der Waals surface area contributed by atoms with E-state index in [2.05, 4.69) is 25.9 Å². The molecule has 0 atom stereocenters. The molecule has 0 aliphatic heterocycles. The van der Waals surface area contributed by atoms with Gasteiger partial charge >= 0.3 is 5.97 Å². The second kappa shape index (κ2) is 4.24. The van der Waals surface area contributed by atoms with Crippen molar-refractivity contribution in [2.24, 2.45) is 0 Å². The SMILES string of the molecule is CCOC(=O)c1cnc2sc(Br)nc2c1. The second-order valence-corrected chi connectivity index (χ2v) is 4.99. The van der Waals surface area contributed by atoms with E-state index in [0.717, 1.165) is 8.75 Å². The lowest BCUT2D eigenvalue weighted by Crippen LogP contribution is -2.04. The van der Waals surface area contributed by atoms with Crippen LogP contribution in [0.2, 0.25) is 0 Å². The molecule has 0 radical (unpaired) electrons. The molecule has 6 heteroatoms. The van der Waals surface area contributed by atoms with Gasteiger partial charge in [-0.05, 0) is 28.9 Å². The number of pyridine rings is 1. The lowest BCUT2D eigenvalue weighted by atomic mass is 10.3. The van der Waals surface area contributed by atoms with Gasteiger partial charge in [0, 0.05) is 6.20 Å². The quantitative estimate of drug-likeness (QED) is 0.797. The molecule has 0 aliphatic rings. The highest BCUT2D eigenvalue weighted by Crippen LogP contribution is 2.24. The highest BCUT2D eigenvalue weighted by atomic mass is 79.9. The lowest BCUT2D eigenvalue weighted by molar-refractivity contribution is 0.0526. The number of ether oxygens (including phenoxy) is 1. The van der Waals surface area contributed by atoms with Crippen LogP contribution in [0.3, 0.4) is 0 Å². The normalized spacial score (nSPS) is 10.5. The van der Waals surface area contributed by atoms with Crippen LogP contribution >= 0.6 is 27.3 Å². The van der Waals surface area contributed by atoms with E-state index in [4.69, 9.17) is 4.74 Å². The van der Waals surface area contributed by atoms with Crippen molar-refractivity contribution in [2.75, 3.05) is 6.61 Å². The number of rotatable bonds is 2. The van der Waals surface area contributed by atoms with Gasteiger partial charge in [-0.1, -0.05) is 11.3 Å². The largest absolute Gasteiger partial charge is 0.462 e. The minimum absolute atomic E-state index is 0.359. The van der Waals surface area contributed by atoms with Crippen molar-refractivity contribution in [3.8, 4) is 0 Å². The number of fused-ring (bicyclic) bond motifs is 1. The third-order valence-corrected chi connectivity index (χ3v) is 3.16. The van der Waals surface area contributed by atoms with Gasteiger partial charge in [-0.15, -0.1) is 0 Å². The maximum Gasteiger partial charge on any atom is 0.339 e. The van der Waals surface area contributed by atoms with E-state index < -0.39 is 0 Å². The number of carbonyl (C=O) groups is 1. The van der Waals surface area contributed by atoms with Crippen LogP contribution in [0.4, 0.5) is 0 Å². The van der Waals surface area contributed by atoms with E-state index in [1.807, 2.05) is 0 Å². The van der Waals surface area contributed by atoms with Gasteiger partial charge in [0.05, 0.1) is 12.2 Å². The maximum absolute atomic E-state index is 11.4. The van der Waals surface area contributed by atoms with E-state index in [-0.39, 0.29) is 5.97 Å². The van der Waals surface area contributed by atoms with Gasteiger partial charge in [0.2, 0.25) is 0 Å². The predicted molar refractivity (Wildman–Crippen MR) is 61.1 cm³/mol. The minimum atomic E-state index is -0.365. The number of aromatic nitrogens is 2. The van der Waals surface area contributed by atoms with Crippen molar-refractivity contribution in [1.29, 1.82) is 0 Å². The molecule has 0 unspecified atom stereocenters. The zero-order chi connectivity index (χ0) is 10.8. The van der Waals surface area contributed by atoms with Gasteiger partial charge in [0.15, 0.2) is 3.92 Å². The van der Waals surface area contributed by atoms with E-state index >= 15 is 0 Å². The van der Waals surface area contributed by atoms with E-state index in [0.29, 0.717) is 17.7 Å². The van der Waals surface area contributed by atoms with Crippen molar-refractivity contribution < 1.29 is 9.53 Å². The minimum Gasteiger partial charge on any atom is -0.462 e. The molecule has 0 fully saturated rings. The van der Waals surface area contributed by atoms with E-state index in [1.54, 1.807) is 13.0 Å². The van der Waals surface area contributed by atoms with Crippen LogP contribution in [0, 0.1) is 0 Å². The van der Waals surface area contributed by atoms with Gasteiger partial charge in [0.25, 0.3) is 0 Å². The molecule has 0 aliphatic carbocycles. The van der Waals surface area contributed by atoms with Gasteiger partial charge in [-0.25, -0.2) is 14.8 Å². The van der Waals surface area contributed by atoms with Crippen LogP contribution in [0.5, 0.6) is 0 Å². The molecule has 2 aromatic heterocycles. The van der Waals surface area contributed by atoms with Gasteiger partial charge in [-0.2, -0.15) is 0 Å². The van der Waals surface area contributed by atoms with Crippen LogP contribution < -0.4 is 0 Å². The Morgan fingerprint density at radius 1 is 1.67 bits per heavy atom. The van der Waals surface area contributed by atoms with Gasteiger partial charge in [-0.3, -0.25) is 0 Å². The number of halogens is 1. The van der Waals surface area contributed by atoms with Crippen LogP contribution in [-0.4, -0.2) is 22.5 Å². The summed E-state index contributed by atoms with van der Waals surface area (Å²) < 4.78 is 5.62. The fourth-order valence-corrected chi connectivity index (χ4v) is 2.39. The summed E-state index contributed by atoms with van der Waals surface area (Å²) in [6.07, 6.45) is 1.50. The van der Waals surface area contributed by atoms with E-state index in [1.165, 1.54) is 17.5 Å². The van der Waals surface area contributed by atoms with Gasteiger partial charge < -0.3 is 4.74 Å². The Morgan fingerprint density at radius 2 is 2.47 bits per heavy atom. The topological polar surface area (TPSA) is 52.1 Å². The first-order chi connectivity index (χ1) is 7.20. The molecule has 2 rings (SSSR count). The van der Waals surface area contributed by atoms with Crippen molar-refractivity contribution in [1.82, 2.24) is 9.97 Å². The second-order valence-electron chi connectivity index (χ2n) is 2.74. The first kappa shape index (κ1) is 10.5. The molecule has 0 amide bonds. The number of hydrogen-bond acceptors (Lipinski definition) is 5. The lowest BCUT2D eigenvalue weighted by Gasteiger charge is -1.99. The Morgan fingerprint density at radius 3 is 3.20 bits per heavy atom. The molecule has 4 nitrogen and oxygen atoms in total. The Bertz CT molecular complexity index is 512. The maximum atomic E-state index is 11.4. The molecule has 0 aromatic carbocycles. The fourth-order valence-electron chi connectivity index (χ4n) is 1.12. The van der Waals surface area contributed by atoms with E-state index in [9.17, 15) is 4.79 Å². The van der Waals surface area contributed by atoms with Crippen molar-refractivity contribution in [3.05, 3.63) is 21.7 Å². The molecule has 0 saturated heterocycles. The van der Waals surface area contributed by atoms with Crippen LogP contribution in [0.15, 0.2) is 16.2 Å². The Balaban J connectivity index is 2.41. The third-order valence-electron chi connectivity index (χ3n) is 1.73. The molecule has 2 heterocycles. The highest BCUT2D eigenvalue weighted by Gasteiger charge is 2.10. The first-order valence-electron chi connectivity index (χ1n) is 4.30. The standard InChI is InChI=1S/C9H7BrN2O2S/c1-2-14-8(13)5-3-6-7(11-4-5)15-9(10)12-6/h3-4H,2H2,1H3. The summed E-state index contributed by atoms with van der Waals surface area (Å²) >= 11 is 4.70. The molecule has 0 N–H and O–H groups in total. The summed E-state index contributed by atoms with van der Waals surface area (Å²) in [6, 6.07) is 1.68. The molecule has 0 spiro atoms. The number of carbonyl (C=O) groups excluding carboxylic acids is 1. The predicted octanol–water partition coefficient (Wildman–Crippen LogP) is 2.63. The number of esters is 1. The summed E-state index contributed by atoms with van der Waals surface area (Å²) in [5, 5.41) is 0. The summed E-state index contributed by atoms with van der Waals surface area (Å²) in [4.78, 5) is 20.5. The monoisotopic (exact) mass is 286 g/mol. The zero-order valence-corrected chi connectivity index (χ0v) is 10.3. The molecule has 0 bridgehead atoms. The summed E-state index contributed by atoms with van der Waals surface area (Å²) in [5.41, 5.74) is 1.14. The third kappa shape index (κ3) is 2.15. The number of hydrogen-bond donors (Lipinski definition) is 0. The fraction of sp³-hybridized carbons (Fsp3) is 0.222. The molecular formula is C9H7BrN2O2S. The first-order valence-corrected chi connectivity index (χ1v) is 5.91. The van der Waals surface area contributed by atoms with Crippen molar-refractivity contribution >= 4 is 43.6 Å². The zero-order valence-electron chi connectivity index (χ0n) is 7.86. The van der Waals surface area contributed by atoms with Crippen LogP contribution in [0.25, 0.3) is 10.3 Å².